The first-order valence-corrected chi connectivity index (χ1v) is 7.32. The number of nitrogens with zero attached hydrogens (tertiary/aromatic N) is 1. The molecule has 1 fully saturated rings. The molecule has 1 aromatic carbocycles. The van der Waals surface area contributed by atoms with Gasteiger partial charge in [0.25, 0.3) is 0 Å². The number of aromatic hydroxyl groups is 1. The zero-order chi connectivity index (χ0) is 13.1. The summed E-state index contributed by atoms with van der Waals surface area (Å²) in [5, 5.41) is 9.89. The largest absolute Gasteiger partial charge is 0.508 e. The van der Waals surface area contributed by atoms with Crippen molar-refractivity contribution in [1.29, 1.82) is 0 Å². The Kier molecular flexibility index (Phi) is 4.17. The van der Waals surface area contributed by atoms with Crippen LogP contribution in [0, 0.1) is 0 Å². The van der Waals surface area contributed by atoms with E-state index in [1.165, 1.54) is 0 Å². The van der Waals surface area contributed by atoms with Gasteiger partial charge in [0.15, 0.2) is 0 Å². The van der Waals surface area contributed by atoms with Crippen molar-refractivity contribution in [3.05, 3.63) is 29.8 Å². The van der Waals surface area contributed by atoms with Gasteiger partial charge in [0.2, 0.25) is 5.91 Å². The fraction of sp³-hybridized carbons (Fsp3) is 0.500. The van der Waals surface area contributed by atoms with Gasteiger partial charge >= 0.3 is 0 Å². The Hall–Kier alpha value is -1.16. The van der Waals surface area contributed by atoms with Crippen LogP contribution >= 0.6 is 11.8 Å². The van der Waals surface area contributed by atoms with E-state index in [1.807, 2.05) is 22.7 Å². The van der Waals surface area contributed by atoms with E-state index in [0.717, 1.165) is 17.9 Å². The van der Waals surface area contributed by atoms with Gasteiger partial charge in [-0.1, -0.05) is 19.1 Å². The van der Waals surface area contributed by atoms with Crippen molar-refractivity contribution < 1.29 is 9.90 Å². The summed E-state index contributed by atoms with van der Waals surface area (Å²) in [7, 11) is 0. The zero-order valence-corrected chi connectivity index (χ0v) is 11.6. The highest BCUT2D eigenvalue weighted by Crippen LogP contribution is 2.25. The van der Waals surface area contributed by atoms with E-state index in [4.69, 9.17) is 0 Å². The topological polar surface area (TPSA) is 40.5 Å². The molecule has 2 atom stereocenters. The van der Waals surface area contributed by atoms with Gasteiger partial charge in [-0.15, -0.1) is 0 Å². The Bertz CT molecular complexity index is 436. The maximum Gasteiger partial charge on any atom is 0.227 e. The molecule has 0 saturated carbocycles. The third-order valence-electron chi connectivity index (χ3n) is 3.47. The van der Waals surface area contributed by atoms with Crippen LogP contribution < -0.4 is 0 Å². The summed E-state index contributed by atoms with van der Waals surface area (Å²) in [6.45, 7) is 5.11. The number of phenolic OH excluding ortho intramolecular Hbond substituents is 1. The average molecular weight is 265 g/mol. The van der Waals surface area contributed by atoms with Crippen molar-refractivity contribution in [1.82, 2.24) is 4.90 Å². The Labute approximate surface area is 112 Å². The number of hydrogen-bond acceptors (Lipinski definition) is 3. The molecule has 4 heteroatoms. The number of carbonyl (C=O) groups excluding carboxylic acids is 1. The van der Waals surface area contributed by atoms with Crippen LogP contribution in [0.25, 0.3) is 0 Å². The molecule has 1 heterocycles. The molecule has 3 nitrogen and oxygen atoms in total. The second-order valence-electron chi connectivity index (χ2n) is 4.75. The summed E-state index contributed by atoms with van der Waals surface area (Å²) in [6, 6.07) is 7.22. The van der Waals surface area contributed by atoms with Crippen LogP contribution in [-0.2, 0) is 11.2 Å². The zero-order valence-electron chi connectivity index (χ0n) is 10.8. The molecule has 1 aliphatic heterocycles. The van der Waals surface area contributed by atoms with E-state index >= 15 is 0 Å². The lowest BCUT2D eigenvalue weighted by molar-refractivity contribution is -0.132. The third kappa shape index (κ3) is 2.99. The van der Waals surface area contributed by atoms with Crippen molar-refractivity contribution in [2.75, 3.05) is 12.3 Å². The fourth-order valence-corrected chi connectivity index (χ4v) is 3.33. The van der Waals surface area contributed by atoms with Crippen molar-refractivity contribution in [3.63, 3.8) is 0 Å². The minimum Gasteiger partial charge on any atom is -0.508 e. The van der Waals surface area contributed by atoms with Crippen LogP contribution in [0.3, 0.4) is 0 Å². The van der Waals surface area contributed by atoms with Gasteiger partial charge in [0, 0.05) is 23.6 Å². The Morgan fingerprint density at radius 1 is 1.50 bits per heavy atom. The monoisotopic (exact) mass is 265 g/mol. The van der Waals surface area contributed by atoms with Gasteiger partial charge < -0.3 is 10.0 Å². The summed E-state index contributed by atoms with van der Waals surface area (Å²) in [4.78, 5) is 14.2. The molecule has 1 aliphatic rings. The fourth-order valence-electron chi connectivity index (χ4n) is 2.23. The number of hydrogen-bond donors (Lipinski definition) is 1. The van der Waals surface area contributed by atoms with Crippen molar-refractivity contribution in [2.24, 2.45) is 0 Å². The number of benzene rings is 1. The lowest BCUT2D eigenvalue weighted by Gasteiger charge is -2.37. The molecular weight excluding hydrogens is 246 g/mol. The summed E-state index contributed by atoms with van der Waals surface area (Å²) < 4.78 is 0. The van der Waals surface area contributed by atoms with E-state index in [0.29, 0.717) is 11.7 Å². The molecular formula is C14H19NO2S. The van der Waals surface area contributed by atoms with E-state index in [9.17, 15) is 9.90 Å². The smallest absolute Gasteiger partial charge is 0.227 e. The minimum atomic E-state index is 0.153. The number of amides is 1. The summed E-state index contributed by atoms with van der Waals surface area (Å²) in [5.74, 6) is 1.38. The second kappa shape index (κ2) is 5.65. The van der Waals surface area contributed by atoms with Crippen LogP contribution in [-0.4, -0.2) is 39.5 Å². The number of rotatable bonds is 2. The first kappa shape index (κ1) is 13.3. The van der Waals surface area contributed by atoms with Crippen molar-refractivity contribution in [3.8, 4) is 5.75 Å². The summed E-state index contributed by atoms with van der Waals surface area (Å²) in [5.41, 5.74) is 0.873. The van der Waals surface area contributed by atoms with Crippen LogP contribution in [0.4, 0.5) is 0 Å². The highest BCUT2D eigenvalue weighted by Gasteiger charge is 2.28. The molecule has 0 aromatic heterocycles. The van der Waals surface area contributed by atoms with Crippen LogP contribution in [0.15, 0.2) is 24.3 Å². The average Bonchev–Trinajstić information content (AvgIpc) is 2.32. The van der Waals surface area contributed by atoms with Gasteiger partial charge in [-0.05, 0) is 24.6 Å². The van der Waals surface area contributed by atoms with Gasteiger partial charge in [-0.25, -0.2) is 0 Å². The molecule has 2 unspecified atom stereocenters. The second-order valence-corrected chi connectivity index (χ2v) is 6.24. The molecule has 0 bridgehead atoms. The minimum absolute atomic E-state index is 0.153. The molecule has 98 valence electrons. The van der Waals surface area contributed by atoms with Crippen LogP contribution in [0.5, 0.6) is 5.75 Å². The lowest BCUT2D eigenvalue weighted by atomic mass is 10.1. The molecule has 0 aliphatic carbocycles. The van der Waals surface area contributed by atoms with Gasteiger partial charge in [-0.3, -0.25) is 4.79 Å². The van der Waals surface area contributed by atoms with Crippen molar-refractivity contribution >= 4 is 17.7 Å². The summed E-state index contributed by atoms with van der Waals surface area (Å²) in [6.07, 6.45) is 0.371. The normalized spacial score (nSPS) is 24.0. The molecule has 1 N–H and O–H groups in total. The van der Waals surface area contributed by atoms with E-state index in [-0.39, 0.29) is 17.7 Å². The molecule has 1 saturated heterocycles. The van der Waals surface area contributed by atoms with E-state index in [1.54, 1.807) is 18.2 Å². The van der Waals surface area contributed by atoms with Crippen LogP contribution in [0.2, 0.25) is 0 Å². The molecule has 1 aromatic rings. The van der Waals surface area contributed by atoms with Crippen LogP contribution in [0.1, 0.15) is 19.4 Å². The highest BCUT2D eigenvalue weighted by atomic mass is 32.2. The maximum atomic E-state index is 12.3. The summed E-state index contributed by atoms with van der Waals surface area (Å²) >= 11 is 1.92. The predicted molar refractivity (Wildman–Crippen MR) is 74.9 cm³/mol. The van der Waals surface area contributed by atoms with Crippen molar-refractivity contribution in [2.45, 2.75) is 31.6 Å². The molecule has 1 amide bonds. The first-order valence-electron chi connectivity index (χ1n) is 6.27. The first-order chi connectivity index (χ1) is 8.58. The predicted octanol–water partition coefficient (Wildman–Crippen LogP) is 2.29. The van der Waals surface area contributed by atoms with Gasteiger partial charge in [0.05, 0.1) is 6.42 Å². The quantitative estimate of drug-likeness (QED) is 0.892. The molecule has 18 heavy (non-hydrogen) atoms. The Morgan fingerprint density at radius 2 is 2.28 bits per heavy atom. The number of phenols is 1. The SMILES string of the molecule is CC1SCCN(C(=O)Cc2cccc(O)c2)C1C. The maximum absolute atomic E-state index is 12.3. The molecule has 2 rings (SSSR count). The standard InChI is InChI=1S/C14H19NO2S/c1-10-11(2)18-7-6-15(10)14(17)9-12-4-3-5-13(16)8-12/h3-5,8,10-11,16H,6-7,9H2,1-2H3. The number of carbonyl (C=O) groups is 1. The lowest BCUT2D eigenvalue weighted by Crippen LogP contribution is -2.48. The van der Waals surface area contributed by atoms with Gasteiger partial charge in [-0.2, -0.15) is 11.8 Å². The Balaban J connectivity index is 2.03. The van der Waals surface area contributed by atoms with E-state index < -0.39 is 0 Å². The van der Waals surface area contributed by atoms with Gasteiger partial charge in [0.1, 0.15) is 5.75 Å². The number of thioether (sulfide) groups is 1. The Morgan fingerprint density at radius 3 is 3.00 bits per heavy atom. The molecule has 0 radical (unpaired) electrons. The van der Waals surface area contributed by atoms with E-state index in [2.05, 4.69) is 13.8 Å². The highest BCUT2D eigenvalue weighted by molar-refractivity contribution is 8.00. The third-order valence-corrected chi connectivity index (χ3v) is 4.81. The molecule has 0 spiro atoms.